The molecule has 0 heterocycles. The second kappa shape index (κ2) is 4.09. The number of aryl methyl sites for hydroxylation is 1. The van der Waals surface area contributed by atoms with E-state index in [-0.39, 0.29) is 0 Å². The van der Waals surface area contributed by atoms with Crippen LogP contribution in [0.5, 0.6) is 0 Å². The molecule has 0 aromatic heterocycles. The van der Waals surface area contributed by atoms with Gasteiger partial charge in [0.25, 0.3) is 0 Å². The molecule has 0 radical (unpaired) electrons. The number of rotatable bonds is 2. The molecule has 0 saturated heterocycles. The summed E-state index contributed by atoms with van der Waals surface area (Å²) in [5.74, 6) is 0. The fourth-order valence-electron chi connectivity index (χ4n) is 1.30. The van der Waals surface area contributed by atoms with Gasteiger partial charge in [-0.25, -0.2) is 0 Å². The predicted octanol–water partition coefficient (Wildman–Crippen LogP) is 2.78. The van der Waals surface area contributed by atoms with Crippen molar-refractivity contribution in [2.45, 2.75) is 20.4 Å². The molecular weight excluding hydrogens is 186 g/mol. The number of hydroxylamine groups is 2. The van der Waals surface area contributed by atoms with Crippen LogP contribution < -0.4 is 0 Å². The van der Waals surface area contributed by atoms with Crippen LogP contribution in [0.3, 0.4) is 0 Å². The highest BCUT2D eigenvalue weighted by Crippen LogP contribution is 2.21. The summed E-state index contributed by atoms with van der Waals surface area (Å²) in [6.45, 7) is 4.46. The maximum atomic E-state index is 9.10. The van der Waals surface area contributed by atoms with Crippen molar-refractivity contribution in [1.82, 2.24) is 5.06 Å². The van der Waals surface area contributed by atoms with Crippen LogP contribution in [0.4, 0.5) is 0 Å². The molecule has 0 atom stereocenters. The highest BCUT2D eigenvalue weighted by atomic mass is 35.5. The maximum Gasteiger partial charge on any atom is 0.0488 e. The van der Waals surface area contributed by atoms with Crippen LogP contribution in [0, 0.1) is 13.8 Å². The first-order valence-electron chi connectivity index (χ1n) is 4.16. The molecule has 1 N–H and O–H groups in total. The fraction of sp³-hybridized carbons (Fsp3) is 0.400. The van der Waals surface area contributed by atoms with Crippen molar-refractivity contribution in [2.24, 2.45) is 0 Å². The van der Waals surface area contributed by atoms with Crippen molar-refractivity contribution >= 4 is 11.6 Å². The lowest BCUT2D eigenvalue weighted by molar-refractivity contribution is -0.0732. The minimum Gasteiger partial charge on any atom is -0.314 e. The molecule has 0 spiro atoms. The predicted molar refractivity (Wildman–Crippen MR) is 54.2 cm³/mol. The van der Waals surface area contributed by atoms with E-state index < -0.39 is 0 Å². The van der Waals surface area contributed by atoms with Gasteiger partial charge in [0, 0.05) is 18.6 Å². The zero-order valence-corrected chi connectivity index (χ0v) is 8.89. The lowest BCUT2D eigenvalue weighted by Crippen LogP contribution is -2.12. The summed E-state index contributed by atoms with van der Waals surface area (Å²) in [5, 5.41) is 11.0. The van der Waals surface area contributed by atoms with E-state index in [0.29, 0.717) is 6.54 Å². The van der Waals surface area contributed by atoms with Gasteiger partial charge in [-0.15, -0.1) is 0 Å². The minimum absolute atomic E-state index is 0.507. The molecule has 0 bridgehead atoms. The van der Waals surface area contributed by atoms with Gasteiger partial charge in [0.05, 0.1) is 0 Å². The second-order valence-corrected chi connectivity index (χ2v) is 3.75. The molecule has 0 unspecified atom stereocenters. The quantitative estimate of drug-likeness (QED) is 0.741. The summed E-state index contributed by atoms with van der Waals surface area (Å²) < 4.78 is 0. The minimum atomic E-state index is 0.507. The maximum absolute atomic E-state index is 9.10. The van der Waals surface area contributed by atoms with Gasteiger partial charge in [0.2, 0.25) is 0 Å². The Bertz CT molecular complexity index is 310. The fourth-order valence-corrected chi connectivity index (χ4v) is 1.59. The van der Waals surface area contributed by atoms with Crippen molar-refractivity contribution in [2.75, 3.05) is 7.05 Å². The summed E-state index contributed by atoms with van der Waals surface area (Å²) >= 11 is 6.00. The molecular formula is C10H14ClNO. The molecule has 0 amide bonds. The Morgan fingerprint density at radius 1 is 1.38 bits per heavy atom. The lowest BCUT2D eigenvalue weighted by Gasteiger charge is -2.12. The standard InChI is InChI=1S/C10H14ClNO/c1-7-4-9(6-12(3)13)8(2)10(11)5-7/h4-5,13H,6H2,1-3H3. The Balaban J connectivity index is 3.05. The summed E-state index contributed by atoms with van der Waals surface area (Å²) in [4.78, 5) is 0. The number of halogens is 1. The van der Waals surface area contributed by atoms with Crippen molar-refractivity contribution in [1.29, 1.82) is 0 Å². The normalized spacial score (nSPS) is 10.9. The van der Waals surface area contributed by atoms with E-state index in [1.807, 2.05) is 26.0 Å². The van der Waals surface area contributed by atoms with Gasteiger partial charge in [-0.3, -0.25) is 0 Å². The Morgan fingerprint density at radius 2 is 2.00 bits per heavy atom. The van der Waals surface area contributed by atoms with E-state index >= 15 is 0 Å². The van der Waals surface area contributed by atoms with E-state index in [1.54, 1.807) is 7.05 Å². The molecule has 0 saturated carbocycles. The summed E-state index contributed by atoms with van der Waals surface area (Å²) in [7, 11) is 1.62. The highest BCUT2D eigenvalue weighted by molar-refractivity contribution is 6.31. The van der Waals surface area contributed by atoms with Crippen molar-refractivity contribution in [3.05, 3.63) is 33.8 Å². The molecule has 0 fully saturated rings. The van der Waals surface area contributed by atoms with Gasteiger partial charge >= 0.3 is 0 Å². The average molecular weight is 200 g/mol. The van der Waals surface area contributed by atoms with Crippen LogP contribution in [0.25, 0.3) is 0 Å². The first kappa shape index (κ1) is 10.5. The number of hydrogen-bond acceptors (Lipinski definition) is 2. The zero-order chi connectivity index (χ0) is 10.0. The van der Waals surface area contributed by atoms with Crippen LogP contribution >= 0.6 is 11.6 Å². The third-order valence-corrected chi connectivity index (χ3v) is 2.39. The van der Waals surface area contributed by atoms with Gasteiger partial charge in [-0.05, 0) is 36.6 Å². The van der Waals surface area contributed by atoms with Crippen LogP contribution in [0.2, 0.25) is 5.02 Å². The lowest BCUT2D eigenvalue weighted by atomic mass is 10.1. The van der Waals surface area contributed by atoms with Crippen LogP contribution in [0.1, 0.15) is 16.7 Å². The van der Waals surface area contributed by atoms with Gasteiger partial charge in [0.15, 0.2) is 0 Å². The molecule has 3 heteroatoms. The highest BCUT2D eigenvalue weighted by Gasteiger charge is 2.05. The van der Waals surface area contributed by atoms with Crippen molar-refractivity contribution in [3.8, 4) is 0 Å². The second-order valence-electron chi connectivity index (χ2n) is 3.35. The van der Waals surface area contributed by atoms with Crippen LogP contribution in [-0.4, -0.2) is 17.3 Å². The molecule has 13 heavy (non-hydrogen) atoms. The Hall–Kier alpha value is -0.570. The van der Waals surface area contributed by atoms with Crippen molar-refractivity contribution in [3.63, 3.8) is 0 Å². The molecule has 1 aromatic carbocycles. The molecule has 1 rings (SSSR count). The largest absolute Gasteiger partial charge is 0.314 e. The van der Waals surface area contributed by atoms with Crippen molar-refractivity contribution < 1.29 is 5.21 Å². The smallest absolute Gasteiger partial charge is 0.0488 e. The molecule has 0 aliphatic heterocycles. The van der Waals surface area contributed by atoms with Gasteiger partial charge < -0.3 is 5.21 Å². The third-order valence-electron chi connectivity index (χ3n) is 2.00. The SMILES string of the molecule is Cc1cc(Cl)c(C)c(CN(C)O)c1. The topological polar surface area (TPSA) is 23.5 Å². The molecule has 1 aromatic rings. The van der Waals surface area contributed by atoms with Gasteiger partial charge in [-0.2, -0.15) is 5.06 Å². The van der Waals surface area contributed by atoms with Crippen LogP contribution in [-0.2, 0) is 6.54 Å². The number of hydrogen-bond donors (Lipinski definition) is 1. The van der Waals surface area contributed by atoms with Gasteiger partial charge in [0.1, 0.15) is 0 Å². The zero-order valence-electron chi connectivity index (χ0n) is 8.13. The number of benzene rings is 1. The van der Waals surface area contributed by atoms with E-state index in [1.165, 1.54) is 0 Å². The molecule has 0 aliphatic carbocycles. The number of nitrogens with zero attached hydrogens (tertiary/aromatic N) is 1. The summed E-state index contributed by atoms with van der Waals surface area (Å²) in [6, 6.07) is 3.96. The van der Waals surface area contributed by atoms with E-state index in [4.69, 9.17) is 16.8 Å². The monoisotopic (exact) mass is 199 g/mol. The third kappa shape index (κ3) is 2.69. The average Bonchev–Trinajstić information content (AvgIpc) is 1.98. The molecule has 2 nitrogen and oxygen atoms in total. The van der Waals surface area contributed by atoms with E-state index in [2.05, 4.69) is 0 Å². The Morgan fingerprint density at radius 3 is 2.54 bits per heavy atom. The van der Waals surface area contributed by atoms with Crippen LogP contribution in [0.15, 0.2) is 12.1 Å². The first-order valence-corrected chi connectivity index (χ1v) is 4.54. The Labute approximate surface area is 83.7 Å². The summed E-state index contributed by atoms with van der Waals surface area (Å²) in [5.41, 5.74) is 3.22. The first-order chi connectivity index (χ1) is 6.00. The summed E-state index contributed by atoms with van der Waals surface area (Å²) in [6.07, 6.45) is 0. The molecule has 72 valence electrons. The van der Waals surface area contributed by atoms with E-state index in [9.17, 15) is 0 Å². The molecule has 0 aliphatic rings. The van der Waals surface area contributed by atoms with Gasteiger partial charge in [-0.1, -0.05) is 17.7 Å². The van der Waals surface area contributed by atoms with E-state index in [0.717, 1.165) is 26.8 Å². The Kier molecular flexibility index (Phi) is 3.31.